The average Bonchev–Trinajstić information content (AvgIpc) is 3.02. The van der Waals surface area contributed by atoms with Crippen molar-refractivity contribution in [1.82, 2.24) is 9.62 Å². The Morgan fingerprint density at radius 2 is 2.04 bits per heavy atom. The van der Waals surface area contributed by atoms with Crippen LogP contribution in [0.15, 0.2) is 47.4 Å². The largest absolute Gasteiger partial charge is 0.493 e. The lowest BCUT2D eigenvalue weighted by Crippen LogP contribution is -2.34. The molecule has 2 aromatic rings. The van der Waals surface area contributed by atoms with Crippen LogP contribution in [0.3, 0.4) is 0 Å². The maximum Gasteiger partial charge on any atom is 0.240 e. The van der Waals surface area contributed by atoms with Gasteiger partial charge < -0.3 is 9.64 Å². The minimum atomic E-state index is -3.65. The van der Waals surface area contributed by atoms with E-state index in [-0.39, 0.29) is 23.3 Å². The van der Waals surface area contributed by atoms with Crippen molar-refractivity contribution in [2.24, 2.45) is 0 Å². The molecule has 2 aromatic carbocycles. The van der Waals surface area contributed by atoms with Crippen LogP contribution in [-0.2, 0) is 16.4 Å². The Labute approximate surface area is 147 Å². The molecule has 0 spiro atoms. The van der Waals surface area contributed by atoms with Crippen molar-refractivity contribution in [2.75, 3.05) is 27.2 Å². The first-order valence-corrected chi connectivity index (χ1v) is 9.52. The van der Waals surface area contributed by atoms with Gasteiger partial charge in [-0.15, -0.1) is 0 Å². The molecule has 1 N–H and O–H groups in total. The van der Waals surface area contributed by atoms with Gasteiger partial charge in [-0.05, 0) is 55.6 Å². The SMILES string of the molecule is CN(C)[C@@H](CNS(=O)(=O)c1ccc2c(c1)CCO2)c1cccc(F)c1. The molecule has 25 heavy (non-hydrogen) atoms. The van der Waals surface area contributed by atoms with Crippen molar-refractivity contribution >= 4 is 10.0 Å². The molecule has 5 nitrogen and oxygen atoms in total. The number of benzene rings is 2. The summed E-state index contributed by atoms with van der Waals surface area (Å²) < 4.78 is 46.8. The predicted octanol–water partition coefficient (Wildman–Crippen LogP) is 2.34. The Morgan fingerprint density at radius 3 is 2.76 bits per heavy atom. The van der Waals surface area contributed by atoms with Gasteiger partial charge >= 0.3 is 0 Å². The van der Waals surface area contributed by atoms with E-state index in [9.17, 15) is 12.8 Å². The molecule has 0 fully saturated rings. The summed E-state index contributed by atoms with van der Waals surface area (Å²) in [4.78, 5) is 2.07. The zero-order valence-corrected chi connectivity index (χ0v) is 15.0. The summed E-state index contributed by atoms with van der Waals surface area (Å²) in [6.07, 6.45) is 0.711. The van der Waals surface area contributed by atoms with E-state index in [4.69, 9.17) is 4.74 Å². The molecule has 0 unspecified atom stereocenters. The minimum absolute atomic E-state index is 0.145. The molecule has 0 radical (unpaired) electrons. The van der Waals surface area contributed by atoms with Gasteiger partial charge in [0.25, 0.3) is 0 Å². The molecule has 0 bridgehead atoms. The Bertz CT molecular complexity index is 868. The summed E-state index contributed by atoms with van der Waals surface area (Å²) >= 11 is 0. The Hall–Kier alpha value is -1.96. The summed E-state index contributed by atoms with van der Waals surface area (Å²) in [5.74, 6) is 0.399. The zero-order valence-electron chi connectivity index (χ0n) is 14.2. The molecule has 0 saturated carbocycles. The van der Waals surface area contributed by atoms with E-state index in [0.29, 0.717) is 13.0 Å². The number of nitrogens with one attached hydrogen (secondary N) is 1. The van der Waals surface area contributed by atoms with Crippen LogP contribution in [0.2, 0.25) is 0 Å². The molecule has 0 aliphatic carbocycles. The molecule has 134 valence electrons. The molecule has 3 rings (SSSR count). The molecule has 0 amide bonds. The third-order valence-corrected chi connectivity index (χ3v) is 5.72. The van der Waals surface area contributed by atoms with Gasteiger partial charge in [-0.2, -0.15) is 0 Å². The number of sulfonamides is 1. The highest BCUT2D eigenvalue weighted by Crippen LogP contribution is 2.27. The lowest BCUT2D eigenvalue weighted by molar-refractivity contribution is 0.299. The van der Waals surface area contributed by atoms with Gasteiger partial charge in [0.1, 0.15) is 11.6 Å². The van der Waals surface area contributed by atoms with Crippen molar-refractivity contribution in [3.8, 4) is 5.75 Å². The van der Waals surface area contributed by atoms with Crippen molar-refractivity contribution in [1.29, 1.82) is 0 Å². The van der Waals surface area contributed by atoms with E-state index in [0.717, 1.165) is 16.9 Å². The van der Waals surface area contributed by atoms with Crippen LogP contribution in [0, 0.1) is 5.82 Å². The fraction of sp³-hybridized carbons (Fsp3) is 0.333. The van der Waals surface area contributed by atoms with Crippen molar-refractivity contribution < 1.29 is 17.5 Å². The van der Waals surface area contributed by atoms with Crippen molar-refractivity contribution in [3.05, 3.63) is 59.4 Å². The molecular weight excluding hydrogens is 343 g/mol. The number of fused-ring (bicyclic) bond motifs is 1. The maximum absolute atomic E-state index is 13.5. The molecule has 1 heterocycles. The quantitative estimate of drug-likeness (QED) is 0.855. The topological polar surface area (TPSA) is 58.6 Å². The first kappa shape index (κ1) is 17.8. The highest BCUT2D eigenvalue weighted by molar-refractivity contribution is 7.89. The highest BCUT2D eigenvalue weighted by atomic mass is 32.2. The van der Waals surface area contributed by atoms with Crippen molar-refractivity contribution in [3.63, 3.8) is 0 Å². The first-order chi connectivity index (χ1) is 11.9. The molecule has 0 aromatic heterocycles. The standard InChI is InChI=1S/C18H21FN2O3S/c1-21(2)17(13-4-3-5-15(19)10-13)12-20-25(22,23)16-6-7-18-14(11-16)8-9-24-18/h3-7,10-11,17,20H,8-9,12H2,1-2H3/t17-/m0/s1. The minimum Gasteiger partial charge on any atom is -0.493 e. The Balaban J connectivity index is 1.78. The van der Waals surface area contributed by atoms with Gasteiger partial charge in [0, 0.05) is 19.0 Å². The molecule has 7 heteroatoms. The fourth-order valence-corrected chi connectivity index (χ4v) is 4.00. The van der Waals surface area contributed by atoms with Crippen LogP contribution in [0.25, 0.3) is 0 Å². The lowest BCUT2D eigenvalue weighted by Gasteiger charge is -2.25. The van der Waals surface area contributed by atoms with Gasteiger partial charge in [0.15, 0.2) is 0 Å². The normalized spacial score (nSPS) is 15.0. The number of nitrogens with zero attached hydrogens (tertiary/aromatic N) is 1. The van der Waals surface area contributed by atoms with Crippen LogP contribution in [0.5, 0.6) is 5.75 Å². The van der Waals surface area contributed by atoms with E-state index >= 15 is 0 Å². The van der Waals surface area contributed by atoms with Gasteiger partial charge in [-0.3, -0.25) is 0 Å². The second-order valence-electron chi connectivity index (χ2n) is 6.25. The molecule has 1 atom stereocenters. The summed E-state index contributed by atoms with van der Waals surface area (Å²) in [6.45, 7) is 0.723. The monoisotopic (exact) mass is 364 g/mol. The number of ether oxygens (including phenoxy) is 1. The second kappa shape index (κ2) is 7.11. The Kier molecular flexibility index (Phi) is 5.08. The number of rotatable bonds is 6. The van der Waals surface area contributed by atoms with Gasteiger partial charge in [0.05, 0.1) is 11.5 Å². The van der Waals surface area contributed by atoms with E-state index in [1.54, 1.807) is 30.3 Å². The van der Waals surface area contributed by atoms with E-state index < -0.39 is 10.0 Å². The zero-order chi connectivity index (χ0) is 18.0. The summed E-state index contributed by atoms with van der Waals surface area (Å²) in [5.41, 5.74) is 1.62. The smallest absolute Gasteiger partial charge is 0.240 e. The van der Waals surface area contributed by atoms with Crippen LogP contribution in [-0.4, -0.2) is 40.6 Å². The number of halogens is 1. The van der Waals surface area contributed by atoms with Gasteiger partial charge in [-0.25, -0.2) is 17.5 Å². The highest BCUT2D eigenvalue weighted by Gasteiger charge is 2.22. The van der Waals surface area contributed by atoms with E-state index in [1.165, 1.54) is 12.1 Å². The first-order valence-electron chi connectivity index (χ1n) is 8.04. The number of likely N-dealkylation sites (N-methyl/N-ethyl adjacent to an activating group) is 1. The second-order valence-corrected chi connectivity index (χ2v) is 8.02. The van der Waals surface area contributed by atoms with Crippen LogP contribution < -0.4 is 9.46 Å². The predicted molar refractivity (Wildman–Crippen MR) is 93.7 cm³/mol. The molecule has 0 saturated heterocycles. The molecule has 1 aliphatic rings. The summed E-state index contributed by atoms with van der Waals surface area (Å²) in [6, 6.07) is 10.8. The number of hydrogen-bond acceptors (Lipinski definition) is 4. The lowest BCUT2D eigenvalue weighted by atomic mass is 10.1. The van der Waals surface area contributed by atoms with Crippen LogP contribution in [0.1, 0.15) is 17.2 Å². The Morgan fingerprint density at radius 1 is 1.24 bits per heavy atom. The third kappa shape index (κ3) is 4.00. The fourth-order valence-electron chi connectivity index (χ4n) is 2.91. The maximum atomic E-state index is 13.5. The third-order valence-electron chi connectivity index (χ3n) is 4.29. The van der Waals surface area contributed by atoms with E-state index in [1.807, 2.05) is 19.0 Å². The van der Waals surface area contributed by atoms with E-state index in [2.05, 4.69) is 4.72 Å². The van der Waals surface area contributed by atoms with Gasteiger partial charge in [0.2, 0.25) is 10.0 Å². The van der Waals surface area contributed by atoms with Crippen molar-refractivity contribution in [2.45, 2.75) is 17.4 Å². The molecule has 1 aliphatic heterocycles. The van der Waals surface area contributed by atoms with Crippen LogP contribution >= 0.6 is 0 Å². The summed E-state index contributed by atoms with van der Waals surface area (Å²) in [5, 5.41) is 0. The van der Waals surface area contributed by atoms with Gasteiger partial charge in [-0.1, -0.05) is 12.1 Å². The average molecular weight is 364 g/mol. The summed E-state index contributed by atoms with van der Waals surface area (Å²) in [7, 11) is 0.00540. The van der Waals surface area contributed by atoms with Crippen LogP contribution in [0.4, 0.5) is 4.39 Å². The number of hydrogen-bond donors (Lipinski definition) is 1. The molecular formula is C18H21FN2O3S.